The van der Waals surface area contributed by atoms with Gasteiger partial charge in [-0.1, -0.05) is 37.6 Å². The molecule has 2 amide bonds. The van der Waals surface area contributed by atoms with Gasteiger partial charge in [-0.05, 0) is 36.4 Å². The zero-order valence-electron chi connectivity index (χ0n) is 17.0. The van der Waals surface area contributed by atoms with E-state index in [0.717, 1.165) is 11.0 Å². The Morgan fingerprint density at radius 3 is 2.50 bits per heavy atom. The minimum Gasteiger partial charge on any atom is -0.486 e. The summed E-state index contributed by atoms with van der Waals surface area (Å²) in [5.41, 5.74) is 1.65. The highest BCUT2D eigenvalue weighted by Gasteiger charge is 2.14. The van der Waals surface area contributed by atoms with E-state index < -0.39 is 0 Å². The summed E-state index contributed by atoms with van der Waals surface area (Å²) in [6.45, 7) is 4.73. The van der Waals surface area contributed by atoms with Crippen molar-refractivity contribution in [1.82, 2.24) is 20.2 Å². The number of halogens is 1. The zero-order valence-corrected chi connectivity index (χ0v) is 17.8. The van der Waals surface area contributed by atoms with Crippen molar-refractivity contribution in [1.29, 1.82) is 0 Å². The quantitative estimate of drug-likeness (QED) is 0.513. The maximum atomic E-state index is 12.5. The summed E-state index contributed by atoms with van der Waals surface area (Å²) in [5, 5.41) is 6.24. The number of aromatic nitrogens is 2. The molecule has 8 heteroatoms. The minimum atomic E-state index is -0.162. The second-order valence-corrected chi connectivity index (χ2v) is 7.58. The van der Waals surface area contributed by atoms with Crippen LogP contribution in [-0.4, -0.2) is 34.5 Å². The van der Waals surface area contributed by atoms with Crippen molar-refractivity contribution in [2.45, 2.75) is 27.0 Å². The van der Waals surface area contributed by atoms with Gasteiger partial charge in [0.2, 0.25) is 11.8 Å². The molecule has 0 saturated carbocycles. The number of carbonyl (C=O) groups is 2. The van der Waals surface area contributed by atoms with Crippen molar-refractivity contribution in [3.05, 3.63) is 59.4 Å². The van der Waals surface area contributed by atoms with Gasteiger partial charge < -0.3 is 19.9 Å². The average molecular weight is 429 g/mol. The third kappa shape index (κ3) is 5.73. The van der Waals surface area contributed by atoms with Gasteiger partial charge in [0, 0.05) is 24.0 Å². The third-order valence-corrected chi connectivity index (χ3v) is 4.74. The molecule has 7 nitrogen and oxygen atoms in total. The van der Waals surface area contributed by atoms with Crippen LogP contribution < -0.4 is 15.4 Å². The molecule has 30 heavy (non-hydrogen) atoms. The van der Waals surface area contributed by atoms with Gasteiger partial charge in [0.1, 0.15) is 24.7 Å². The van der Waals surface area contributed by atoms with Crippen LogP contribution in [0, 0.1) is 5.92 Å². The van der Waals surface area contributed by atoms with Crippen molar-refractivity contribution in [2.24, 2.45) is 5.92 Å². The number of fused-ring (bicyclic) bond motifs is 1. The van der Waals surface area contributed by atoms with Crippen LogP contribution in [0.1, 0.15) is 19.7 Å². The lowest BCUT2D eigenvalue weighted by Gasteiger charge is -2.12. The summed E-state index contributed by atoms with van der Waals surface area (Å²) in [5.74, 6) is 1.04. The van der Waals surface area contributed by atoms with Gasteiger partial charge in [-0.3, -0.25) is 9.59 Å². The monoisotopic (exact) mass is 428 g/mol. The Morgan fingerprint density at radius 2 is 1.77 bits per heavy atom. The summed E-state index contributed by atoms with van der Waals surface area (Å²) in [7, 11) is 0. The number of para-hydroxylation sites is 2. The molecule has 0 unspecified atom stereocenters. The zero-order chi connectivity index (χ0) is 21.5. The summed E-state index contributed by atoms with van der Waals surface area (Å²) >= 11 is 5.91. The van der Waals surface area contributed by atoms with Crippen molar-refractivity contribution >= 4 is 34.4 Å². The smallest absolute Gasteiger partial charge is 0.240 e. The highest BCUT2D eigenvalue weighted by atomic mass is 35.5. The molecule has 0 radical (unpaired) electrons. The second-order valence-electron chi connectivity index (χ2n) is 7.14. The Kier molecular flexibility index (Phi) is 7.30. The fourth-order valence-electron chi connectivity index (χ4n) is 2.88. The van der Waals surface area contributed by atoms with Gasteiger partial charge in [0.05, 0.1) is 11.0 Å². The topological polar surface area (TPSA) is 85.2 Å². The largest absolute Gasteiger partial charge is 0.486 e. The first-order valence-electron chi connectivity index (χ1n) is 9.81. The highest BCUT2D eigenvalue weighted by molar-refractivity contribution is 6.30. The number of nitrogens with zero attached hydrogens (tertiary/aromatic N) is 2. The highest BCUT2D eigenvalue weighted by Crippen LogP contribution is 2.20. The van der Waals surface area contributed by atoms with Crippen molar-refractivity contribution < 1.29 is 14.3 Å². The summed E-state index contributed by atoms with van der Waals surface area (Å²) < 4.78 is 7.67. The SMILES string of the molecule is CC(C)C(=O)NCCNC(=O)Cn1c(COc2ccc(Cl)cc2)nc2ccccc21. The first-order chi connectivity index (χ1) is 14.4. The van der Waals surface area contributed by atoms with E-state index in [-0.39, 0.29) is 30.9 Å². The van der Waals surface area contributed by atoms with Crippen molar-refractivity contribution in [3.8, 4) is 5.75 Å². The van der Waals surface area contributed by atoms with Crippen LogP contribution in [-0.2, 0) is 22.7 Å². The van der Waals surface area contributed by atoms with Gasteiger partial charge >= 0.3 is 0 Å². The molecule has 0 saturated heterocycles. The van der Waals surface area contributed by atoms with E-state index >= 15 is 0 Å². The predicted octanol–water partition coefficient (Wildman–Crippen LogP) is 3.16. The lowest BCUT2D eigenvalue weighted by molar-refractivity contribution is -0.124. The van der Waals surface area contributed by atoms with Crippen LogP contribution in [0.4, 0.5) is 0 Å². The van der Waals surface area contributed by atoms with Gasteiger partial charge in [0.15, 0.2) is 0 Å². The number of hydrogen-bond donors (Lipinski definition) is 2. The number of rotatable bonds is 9. The van der Waals surface area contributed by atoms with Crippen molar-refractivity contribution in [2.75, 3.05) is 13.1 Å². The van der Waals surface area contributed by atoms with E-state index in [2.05, 4.69) is 15.6 Å². The molecule has 0 fully saturated rings. The number of hydrogen-bond acceptors (Lipinski definition) is 4. The van der Waals surface area contributed by atoms with E-state index in [0.29, 0.717) is 29.7 Å². The number of ether oxygens (including phenoxy) is 1. The molecule has 0 aliphatic heterocycles. The molecule has 0 aliphatic rings. The standard InChI is InChI=1S/C22H25ClN4O3/c1-15(2)22(29)25-12-11-24-21(28)13-27-19-6-4-3-5-18(19)26-20(27)14-30-17-9-7-16(23)8-10-17/h3-10,15H,11-14H2,1-2H3,(H,24,28)(H,25,29). The lowest BCUT2D eigenvalue weighted by atomic mass is 10.2. The van der Waals surface area contributed by atoms with Crippen LogP contribution in [0.15, 0.2) is 48.5 Å². The number of imidazole rings is 1. The second kappa shape index (κ2) is 10.1. The first kappa shape index (κ1) is 21.6. The molecule has 0 aliphatic carbocycles. The van der Waals surface area contributed by atoms with Crippen molar-refractivity contribution in [3.63, 3.8) is 0 Å². The molecular formula is C22H25ClN4O3. The van der Waals surface area contributed by atoms with Gasteiger partial charge in [-0.2, -0.15) is 0 Å². The average Bonchev–Trinajstić information content (AvgIpc) is 3.08. The number of nitrogens with one attached hydrogen (secondary N) is 2. The molecule has 2 N–H and O–H groups in total. The van der Waals surface area contributed by atoms with Crippen LogP contribution >= 0.6 is 11.6 Å². The number of benzene rings is 2. The Bertz CT molecular complexity index is 1010. The van der Waals surface area contributed by atoms with E-state index in [1.54, 1.807) is 24.3 Å². The normalized spacial score (nSPS) is 10.9. The molecule has 3 rings (SSSR count). The van der Waals surface area contributed by atoms with Gasteiger partial charge in [-0.15, -0.1) is 0 Å². The molecule has 2 aromatic carbocycles. The van der Waals surface area contributed by atoms with Crippen LogP contribution in [0.25, 0.3) is 11.0 Å². The van der Waals surface area contributed by atoms with Crippen LogP contribution in [0.5, 0.6) is 5.75 Å². The molecular weight excluding hydrogens is 404 g/mol. The van der Waals surface area contributed by atoms with Gasteiger partial charge in [-0.25, -0.2) is 4.98 Å². The fraction of sp³-hybridized carbons (Fsp3) is 0.318. The molecule has 3 aromatic rings. The Balaban J connectivity index is 1.64. The third-order valence-electron chi connectivity index (χ3n) is 4.49. The molecule has 1 aromatic heterocycles. The first-order valence-corrected chi connectivity index (χ1v) is 10.2. The number of amides is 2. The Hall–Kier alpha value is -3.06. The predicted molar refractivity (Wildman–Crippen MR) is 116 cm³/mol. The summed E-state index contributed by atoms with van der Waals surface area (Å²) in [6.07, 6.45) is 0. The van der Waals surface area contributed by atoms with E-state index in [1.165, 1.54) is 0 Å². The van der Waals surface area contributed by atoms with E-state index in [4.69, 9.17) is 16.3 Å². The summed E-state index contributed by atoms with van der Waals surface area (Å²) in [4.78, 5) is 28.7. The summed E-state index contributed by atoms with van der Waals surface area (Å²) in [6, 6.07) is 14.7. The number of carbonyl (C=O) groups excluding carboxylic acids is 2. The molecule has 158 valence electrons. The minimum absolute atomic E-state index is 0.0357. The maximum absolute atomic E-state index is 12.5. The van der Waals surface area contributed by atoms with E-state index in [9.17, 15) is 9.59 Å². The van der Waals surface area contributed by atoms with E-state index in [1.807, 2.05) is 42.7 Å². The molecule has 0 spiro atoms. The molecule has 0 bridgehead atoms. The molecule has 0 atom stereocenters. The Morgan fingerprint density at radius 1 is 1.07 bits per heavy atom. The van der Waals surface area contributed by atoms with Crippen LogP contribution in [0.3, 0.4) is 0 Å². The maximum Gasteiger partial charge on any atom is 0.240 e. The van der Waals surface area contributed by atoms with Gasteiger partial charge in [0.25, 0.3) is 0 Å². The molecule has 1 heterocycles. The Labute approximate surface area is 180 Å². The fourth-order valence-corrected chi connectivity index (χ4v) is 3.01. The van der Waals surface area contributed by atoms with Crippen LogP contribution in [0.2, 0.25) is 5.02 Å². The lowest BCUT2D eigenvalue weighted by Crippen LogP contribution is -2.37.